The molecule has 2 amide bonds. The average molecular weight is 446 g/mol. The molecule has 0 unspecified atom stereocenters. The molecule has 0 spiro atoms. The van der Waals surface area contributed by atoms with E-state index in [9.17, 15) is 9.59 Å². The molecule has 0 saturated carbocycles. The van der Waals surface area contributed by atoms with Crippen LogP contribution in [-0.2, 0) is 9.59 Å². The normalized spacial score (nSPS) is 18.6. The average Bonchev–Trinajstić information content (AvgIpc) is 3.26. The number of ether oxygens (including phenoxy) is 1. The Hall–Kier alpha value is -2.55. The van der Waals surface area contributed by atoms with Crippen molar-refractivity contribution < 1.29 is 14.3 Å². The standard InChI is InChI=1S/C22H31N5O3S/c1-4-5-12-23-21(29)17-7-6-16(2)26(13-17)20(28)14-31-22-25-24-15-27(22)18-8-10-19(30-3)11-9-18/h8-11,15-17H,4-7,12-14H2,1-3H3,(H,23,29)/t16-,17+/m0/s1. The maximum atomic E-state index is 13.0. The minimum atomic E-state index is -0.134. The largest absolute Gasteiger partial charge is 0.497 e. The number of nitrogens with zero attached hydrogens (tertiary/aromatic N) is 4. The maximum Gasteiger partial charge on any atom is 0.233 e. The number of hydrogen-bond donors (Lipinski definition) is 1. The predicted molar refractivity (Wildman–Crippen MR) is 120 cm³/mol. The van der Waals surface area contributed by atoms with Crippen LogP contribution in [0.4, 0.5) is 0 Å². The number of piperidine rings is 1. The third kappa shape index (κ3) is 6.00. The van der Waals surface area contributed by atoms with E-state index in [1.165, 1.54) is 11.8 Å². The van der Waals surface area contributed by atoms with E-state index < -0.39 is 0 Å². The van der Waals surface area contributed by atoms with E-state index in [2.05, 4.69) is 22.4 Å². The Balaban J connectivity index is 1.58. The van der Waals surface area contributed by atoms with Crippen LogP contribution in [-0.4, -0.2) is 63.5 Å². The van der Waals surface area contributed by atoms with Gasteiger partial charge in [-0.25, -0.2) is 0 Å². The summed E-state index contributed by atoms with van der Waals surface area (Å²) in [6.07, 6.45) is 5.31. The molecule has 1 fully saturated rings. The topological polar surface area (TPSA) is 89.4 Å². The number of amides is 2. The van der Waals surface area contributed by atoms with Crippen molar-refractivity contribution in [3.8, 4) is 11.4 Å². The Kier molecular flexibility index (Phi) is 8.34. The number of likely N-dealkylation sites (tertiary alicyclic amines) is 1. The van der Waals surface area contributed by atoms with Gasteiger partial charge in [0.05, 0.1) is 18.8 Å². The van der Waals surface area contributed by atoms with Crippen LogP contribution in [0.5, 0.6) is 5.75 Å². The fourth-order valence-corrected chi connectivity index (χ4v) is 4.47. The monoisotopic (exact) mass is 445 g/mol. The Labute approximate surface area is 187 Å². The second kappa shape index (κ2) is 11.2. The van der Waals surface area contributed by atoms with Gasteiger partial charge in [-0.1, -0.05) is 25.1 Å². The van der Waals surface area contributed by atoms with Gasteiger partial charge in [-0.05, 0) is 50.5 Å². The second-order valence-corrected chi connectivity index (χ2v) is 8.73. The molecular formula is C22H31N5O3S. The highest BCUT2D eigenvalue weighted by molar-refractivity contribution is 7.99. The highest BCUT2D eigenvalue weighted by atomic mass is 32.2. The van der Waals surface area contributed by atoms with Crippen molar-refractivity contribution in [2.24, 2.45) is 5.92 Å². The molecule has 2 heterocycles. The molecule has 1 aliphatic heterocycles. The van der Waals surface area contributed by atoms with Crippen molar-refractivity contribution in [3.05, 3.63) is 30.6 Å². The highest BCUT2D eigenvalue weighted by Crippen LogP contribution is 2.25. The molecule has 1 saturated heterocycles. The van der Waals surface area contributed by atoms with Crippen LogP contribution in [0.3, 0.4) is 0 Å². The molecule has 1 aromatic heterocycles. The van der Waals surface area contributed by atoms with Crippen LogP contribution in [0.25, 0.3) is 5.69 Å². The Morgan fingerprint density at radius 2 is 2.03 bits per heavy atom. The Morgan fingerprint density at radius 3 is 2.74 bits per heavy atom. The zero-order valence-corrected chi connectivity index (χ0v) is 19.2. The zero-order chi connectivity index (χ0) is 22.2. The molecule has 0 bridgehead atoms. The van der Waals surface area contributed by atoms with Crippen LogP contribution >= 0.6 is 11.8 Å². The summed E-state index contributed by atoms with van der Waals surface area (Å²) in [6.45, 7) is 5.32. The summed E-state index contributed by atoms with van der Waals surface area (Å²) in [7, 11) is 1.63. The van der Waals surface area contributed by atoms with Crippen molar-refractivity contribution in [3.63, 3.8) is 0 Å². The van der Waals surface area contributed by atoms with E-state index in [0.717, 1.165) is 37.1 Å². The van der Waals surface area contributed by atoms with Crippen molar-refractivity contribution in [1.82, 2.24) is 25.0 Å². The molecule has 2 aromatic rings. The molecule has 2 atom stereocenters. The molecule has 168 valence electrons. The van der Waals surface area contributed by atoms with Crippen molar-refractivity contribution >= 4 is 23.6 Å². The van der Waals surface area contributed by atoms with Crippen LogP contribution in [0, 0.1) is 5.92 Å². The van der Waals surface area contributed by atoms with Crippen LogP contribution in [0.1, 0.15) is 39.5 Å². The quantitative estimate of drug-likeness (QED) is 0.472. The molecular weight excluding hydrogens is 414 g/mol. The van der Waals surface area contributed by atoms with Crippen molar-refractivity contribution in [1.29, 1.82) is 0 Å². The second-order valence-electron chi connectivity index (χ2n) is 7.78. The zero-order valence-electron chi connectivity index (χ0n) is 18.4. The number of methoxy groups -OCH3 is 1. The minimum Gasteiger partial charge on any atom is -0.497 e. The molecule has 1 N–H and O–H groups in total. The fourth-order valence-electron chi connectivity index (χ4n) is 3.65. The molecule has 1 aliphatic rings. The molecule has 31 heavy (non-hydrogen) atoms. The van der Waals surface area contributed by atoms with Gasteiger partial charge in [0.15, 0.2) is 5.16 Å². The summed E-state index contributed by atoms with van der Waals surface area (Å²) in [5, 5.41) is 11.8. The number of carbonyl (C=O) groups excluding carboxylic acids is 2. The van der Waals surface area contributed by atoms with Crippen LogP contribution < -0.4 is 10.1 Å². The molecule has 0 radical (unpaired) electrons. The van der Waals surface area contributed by atoms with Gasteiger partial charge in [0.2, 0.25) is 11.8 Å². The third-order valence-corrected chi connectivity index (χ3v) is 6.52. The summed E-state index contributed by atoms with van der Waals surface area (Å²) in [5.41, 5.74) is 0.899. The van der Waals surface area contributed by atoms with E-state index in [-0.39, 0.29) is 29.5 Å². The summed E-state index contributed by atoms with van der Waals surface area (Å²) in [5.74, 6) is 0.972. The van der Waals surface area contributed by atoms with E-state index in [0.29, 0.717) is 18.2 Å². The number of unbranched alkanes of at least 4 members (excludes halogenated alkanes) is 1. The smallest absolute Gasteiger partial charge is 0.233 e. The highest BCUT2D eigenvalue weighted by Gasteiger charge is 2.32. The molecule has 8 nitrogen and oxygen atoms in total. The molecule has 9 heteroatoms. The minimum absolute atomic E-state index is 0.0211. The van der Waals surface area contributed by atoms with Gasteiger partial charge in [0, 0.05) is 24.8 Å². The lowest BCUT2D eigenvalue weighted by Crippen LogP contribution is -2.50. The first-order valence-electron chi connectivity index (χ1n) is 10.8. The van der Waals surface area contributed by atoms with Crippen LogP contribution in [0.15, 0.2) is 35.7 Å². The van der Waals surface area contributed by atoms with E-state index in [1.54, 1.807) is 13.4 Å². The van der Waals surface area contributed by atoms with Gasteiger partial charge in [-0.3, -0.25) is 14.2 Å². The molecule has 3 rings (SSSR count). The Morgan fingerprint density at radius 1 is 1.26 bits per heavy atom. The number of rotatable bonds is 9. The summed E-state index contributed by atoms with van der Waals surface area (Å²) in [4.78, 5) is 27.3. The maximum absolute atomic E-state index is 13.0. The SMILES string of the molecule is CCCCNC(=O)[C@@H]1CC[C@H](C)N(C(=O)CSc2nncn2-c2ccc(OC)cc2)C1. The van der Waals surface area contributed by atoms with Gasteiger partial charge in [0.1, 0.15) is 12.1 Å². The molecule has 1 aromatic carbocycles. The lowest BCUT2D eigenvalue weighted by molar-refractivity contribution is -0.136. The van der Waals surface area contributed by atoms with Gasteiger partial charge in [-0.2, -0.15) is 0 Å². The van der Waals surface area contributed by atoms with E-state index >= 15 is 0 Å². The summed E-state index contributed by atoms with van der Waals surface area (Å²) in [6, 6.07) is 7.71. The molecule has 0 aliphatic carbocycles. The van der Waals surface area contributed by atoms with Gasteiger partial charge >= 0.3 is 0 Å². The summed E-state index contributed by atoms with van der Waals surface area (Å²) >= 11 is 1.36. The fraction of sp³-hybridized carbons (Fsp3) is 0.545. The van der Waals surface area contributed by atoms with Crippen LogP contribution in [0.2, 0.25) is 0 Å². The number of carbonyl (C=O) groups is 2. The first kappa shape index (κ1) is 23.1. The Bertz CT molecular complexity index is 870. The van der Waals surface area contributed by atoms with Gasteiger partial charge < -0.3 is 15.0 Å². The van der Waals surface area contributed by atoms with E-state index in [1.807, 2.05) is 40.7 Å². The first-order chi connectivity index (χ1) is 15.0. The number of nitrogens with one attached hydrogen (secondary N) is 1. The number of aromatic nitrogens is 3. The van der Waals surface area contributed by atoms with Gasteiger partial charge in [0.25, 0.3) is 0 Å². The predicted octanol–water partition coefficient (Wildman–Crippen LogP) is 2.91. The summed E-state index contributed by atoms with van der Waals surface area (Å²) < 4.78 is 7.05. The number of benzene rings is 1. The van der Waals surface area contributed by atoms with Gasteiger partial charge in [-0.15, -0.1) is 10.2 Å². The lowest BCUT2D eigenvalue weighted by atomic mass is 9.92. The van der Waals surface area contributed by atoms with Crippen molar-refractivity contribution in [2.45, 2.75) is 50.7 Å². The van der Waals surface area contributed by atoms with Crippen molar-refractivity contribution in [2.75, 3.05) is 26.0 Å². The van der Waals surface area contributed by atoms with E-state index in [4.69, 9.17) is 4.74 Å². The lowest BCUT2D eigenvalue weighted by Gasteiger charge is -2.37. The number of hydrogen-bond acceptors (Lipinski definition) is 6. The first-order valence-corrected chi connectivity index (χ1v) is 11.8. The number of thioether (sulfide) groups is 1. The third-order valence-electron chi connectivity index (χ3n) is 5.59.